The zero-order valence-electron chi connectivity index (χ0n) is 15.2. The molecule has 5 rings (SSSR count). The lowest BCUT2D eigenvalue weighted by Crippen LogP contribution is -2.30. The third kappa shape index (κ3) is 3.45. The summed E-state index contributed by atoms with van der Waals surface area (Å²) in [5.41, 5.74) is 1.51. The zero-order chi connectivity index (χ0) is 19.8. The van der Waals surface area contributed by atoms with Gasteiger partial charge < -0.3 is 4.42 Å². The molecule has 1 amide bonds. The molecule has 0 aliphatic rings. The van der Waals surface area contributed by atoms with Gasteiger partial charge in [0, 0.05) is 10.0 Å². The van der Waals surface area contributed by atoms with Crippen LogP contribution in [0.3, 0.4) is 0 Å². The summed E-state index contributed by atoms with van der Waals surface area (Å²) in [4.78, 5) is 20.1. The molecule has 0 spiro atoms. The molecule has 0 radical (unpaired) electrons. The van der Waals surface area contributed by atoms with E-state index in [1.54, 1.807) is 11.2 Å². The first-order valence-corrected chi connectivity index (χ1v) is 10.7. The largest absolute Gasteiger partial charge is 0.467 e. The van der Waals surface area contributed by atoms with Gasteiger partial charge in [0.25, 0.3) is 5.91 Å². The van der Waals surface area contributed by atoms with E-state index in [1.165, 1.54) is 11.3 Å². The van der Waals surface area contributed by atoms with Crippen LogP contribution >= 0.6 is 27.3 Å². The van der Waals surface area contributed by atoms with Crippen molar-refractivity contribution in [2.75, 3.05) is 4.90 Å². The number of thiazole rings is 1. The molecule has 29 heavy (non-hydrogen) atoms. The van der Waals surface area contributed by atoms with Gasteiger partial charge in [0.15, 0.2) is 5.13 Å². The summed E-state index contributed by atoms with van der Waals surface area (Å²) >= 11 is 5.00. The first-order chi connectivity index (χ1) is 14.2. The molecule has 0 atom stereocenters. The van der Waals surface area contributed by atoms with Gasteiger partial charge in [0.05, 0.1) is 23.0 Å². The SMILES string of the molecule is O=C(c1cccc2ccccc12)N(Cc1ccco1)c1nc2ccc(Br)cc2s1. The zero-order valence-corrected chi connectivity index (χ0v) is 17.6. The minimum absolute atomic E-state index is 0.101. The van der Waals surface area contributed by atoms with Crippen molar-refractivity contribution in [1.82, 2.24) is 4.98 Å². The number of nitrogens with zero attached hydrogens (tertiary/aromatic N) is 2. The van der Waals surface area contributed by atoms with Crippen LogP contribution in [0.15, 0.2) is 87.9 Å². The van der Waals surface area contributed by atoms with Crippen molar-refractivity contribution in [3.8, 4) is 0 Å². The molecule has 4 nitrogen and oxygen atoms in total. The molecule has 6 heteroatoms. The molecule has 0 saturated heterocycles. The van der Waals surface area contributed by atoms with Crippen molar-refractivity contribution in [1.29, 1.82) is 0 Å². The maximum absolute atomic E-state index is 13.7. The molecule has 0 saturated carbocycles. The number of halogens is 1. The Labute approximate surface area is 179 Å². The lowest BCUT2D eigenvalue weighted by Gasteiger charge is -2.19. The van der Waals surface area contributed by atoms with E-state index in [4.69, 9.17) is 9.40 Å². The monoisotopic (exact) mass is 462 g/mol. The highest BCUT2D eigenvalue weighted by Crippen LogP contribution is 2.33. The second-order valence-electron chi connectivity index (χ2n) is 6.61. The number of fused-ring (bicyclic) bond motifs is 2. The van der Waals surface area contributed by atoms with Crippen LogP contribution in [0.25, 0.3) is 21.0 Å². The van der Waals surface area contributed by atoms with Gasteiger partial charge >= 0.3 is 0 Å². The van der Waals surface area contributed by atoms with Gasteiger partial charge in [0.2, 0.25) is 0 Å². The summed E-state index contributed by atoms with van der Waals surface area (Å²) in [5.74, 6) is 0.607. The second-order valence-corrected chi connectivity index (χ2v) is 8.53. The van der Waals surface area contributed by atoms with Crippen LogP contribution in [0, 0.1) is 0 Å². The molecule has 3 aromatic carbocycles. The van der Waals surface area contributed by atoms with Crippen molar-refractivity contribution in [3.63, 3.8) is 0 Å². The van der Waals surface area contributed by atoms with Crippen molar-refractivity contribution in [2.45, 2.75) is 6.54 Å². The van der Waals surface area contributed by atoms with Crippen molar-refractivity contribution in [2.24, 2.45) is 0 Å². The minimum atomic E-state index is -0.101. The lowest BCUT2D eigenvalue weighted by molar-refractivity contribution is 0.0985. The Morgan fingerprint density at radius 3 is 2.76 bits per heavy atom. The predicted molar refractivity (Wildman–Crippen MR) is 120 cm³/mol. The number of anilines is 1. The Kier molecular flexibility index (Phi) is 4.66. The highest BCUT2D eigenvalue weighted by molar-refractivity contribution is 9.10. The molecule has 0 fully saturated rings. The topological polar surface area (TPSA) is 46.3 Å². The Hall–Kier alpha value is -2.96. The fourth-order valence-corrected chi connectivity index (χ4v) is 4.86. The number of benzene rings is 3. The van der Waals surface area contributed by atoms with E-state index >= 15 is 0 Å². The third-order valence-electron chi connectivity index (χ3n) is 4.73. The maximum Gasteiger partial charge on any atom is 0.261 e. The number of aromatic nitrogens is 1. The number of rotatable bonds is 4. The van der Waals surface area contributed by atoms with E-state index in [9.17, 15) is 4.79 Å². The van der Waals surface area contributed by atoms with Gasteiger partial charge in [0.1, 0.15) is 5.76 Å². The van der Waals surface area contributed by atoms with Crippen LogP contribution in [0.1, 0.15) is 16.1 Å². The number of hydrogen-bond acceptors (Lipinski definition) is 4. The smallest absolute Gasteiger partial charge is 0.261 e. The van der Waals surface area contributed by atoms with Gasteiger partial charge in [-0.1, -0.05) is 63.7 Å². The summed E-state index contributed by atoms with van der Waals surface area (Å²) < 4.78 is 7.53. The molecule has 0 aliphatic carbocycles. The fraction of sp³-hybridized carbons (Fsp3) is 0.0435. The van der Waals surface area contributed by atoms with Crippen LogP contribution < -0.4 is 4.90 Å². The Balaban J connectivity index is 1.63. The summed E-state index contributed by atoms with van der Waals surface area (Å²) in [7, 11) is 0. The first-order valence-electron chi connectivity index (χ1n) is 9.07. The van der Waals surface area contributed by atoms with Crippen LogP contribution in [0.5, 0.6) is 0 Å². The Morgan fingerprint density at radius 1 is 1.03 bits per heavy atom. The summed E-state index contributed by atoms with van der Waals surface area (Å²) in [6.45, 7) is 0.316. The van der Waals surface area contributed by atoms with Gasteiger partial charge in [-0.15, -0.1) is 0 Å². The van der Waals surface area contributed by atoms with E-state index in [0.717, 1.165) is 25.5 Å². The fourth-order valence-electron chi connectivity index (χ4n) is 3.34. The number of carbonyl (C=O) groups is 1. The van der Waals surface area contributed by atoms with Gasteiger partial charge in [-0.2, -0.15) is 0 Å². The predicted octanol–water partition coefficient (Wildman–Crippen LogP) is 6.65. The first kappa shape index (κ1) is 18.1. The number of amides is 1. The average Bonchev–Trinajstić information content (AvgIpc) is 3.40. The standard InChI is InChI=1S/C23H15BrN2O2S/c24-16-10-11-20-21(13-16)29-23(25-20)26(14-17-7-4-12-28-17)22(27)19-9-3-6-15-5-1-2-8-18(15)19/h1-13H,14H2. The average molecular weight is 463 g/mol. The summed E-state index contributed by atoms with van der Waals surface area (Å²) in [6.07, 6.45) is 1.62. The van der Waals surface area contributed by atoms with Crippen LogP contribution in [0.4, 0.5) is 5.13 Å². The quantitative estimate of drug-likeness (QED) is 0.300. The highest BCUT2D eigenvalue weighted by Gasteiger charge is 2.24. The molecular formula is C23H15BrN2O2S. The molecule has 0 bridgehead atoms. The molecule has 0 aliphatic heterocycles. The number of hydrogen-bond donors (Lipinski definition) is 0. The van der Waals surface area contributed by atoms with E-state index in [1.807, 2.05) is 72.8 Å². The van der Waals surface area contributed by atoms with E-state index in [-0.39, 0.29) is 5.91 Å². The summed E-state index contributed by atoms with van der Waals surface area (Å²) in [6, 6.07) is 23.3. The van der Waals surface area contributed by atoms with Gasteiger partial charge in [-0.25, -0.2) is 4.98 Å². The molecule has 5 aromatic rings. The lowest BCUT2D eigenvalue weighted by atomic mass is 10.0. The Morgan fingerprint density at radius 2 is 1.90 bits per heavy atom. The van der Waals surface area contributed by atoms with E-state index in [0.29, 0.717) is 23.0 Å². The molecule has 142 valence electrons. The maximum atomic E-state index is 13.7. The summed E-state index contributed by atoms with van der Waals surface area (Å²) in [5, 5.41) is 2.60. The van der Waals surface area contributed by atoms with Crippen LogP contribution in [-0.4, -0.2) is 10.9 Å². The molecule has 2 aromatic heterocycles. The van der Waals surface area contributed by atoms with Crippen LogP contribution in [-0.2, 0) is 6.54 Å². The normalized spacial score (nSPS) is 11.2. The van der Waals surface area contributed by atoms with E-state index < -0.39 is 0 Å². The second kappa shape index (κ2) is 7.46. The molecular weight excluding hydrogens is 448 g/mol. The van der Waals surface area contributed by atoms with Crippen LogP contribution in [0.2, 0.25) is 0 Å². The van der Waals surface area contributed by atoms with E-state index in [2.05, 4.69) is 15.9 Å². The van der Waals surface area contributed by atoms with Crippen molar-refractivity contribution < 1.29 is 9.21 Å². The molecule has 0 N–H and O–H groups in total. The number of carbonyl (C=O) groups excluding carboxylic acids is 1. The van der Waals surface area contributed by atoms with Crippen molar-refractivity contribution >= 4 is 59.3 Å². The number of furan rings is 1. The minimum Gasteiger partial charge on any atom is -0.467 e. The highest BCUT2D eigenvalue weighted by atomic mass is 79.9. The third-order valence-corrected chi connectivity index (χ3v) is 6.26. The van der Waals surface area contributed by atoms with Crippen molar-refractivity contribution in [3.05, 3.63) is 94.9 Å². The Bertz CT molecular complexity index is 1320. The van der Waals surface area contributed by atoms with Gasteiger partial charge in [-0.3, -0.25) is 9.69 Å². The van der Waals surface area contributed by atoms with Gasteiger partial charge in [-0.05, 0) is 47.2 Å². The molecule has 0 unspecified atom stereocenters. The molecule has 2 heterocycles.